The van der Waals surface area contributed by atoms with Crippen LogP contribution in [0.1, 0.15) is 21.5 Å². The van der Waals surface area contributed by atoms with E-state index in [-0.39, 0.29) is 18.4 Å². The summed E-state index contributed by atoms with van der Waals surface area (Å²) in [5.41, 5.74) is 3.90. The Hall–Kier alpha value is -2.96. The highest BCUT2D eigenvalue weighted by atomic mass is 32.1. The minimum Gasteiger partial charge on any atom is -0.324 e. The number of amides is 2. The molecule has 2 aromatic carbocycles. The van der Waals surface area contributed by atoms with Crippen LogP contribution in [0.5, 0.6) is 0 Å². The molecule has 0 aliphatic carbocycles. The summed E-state index contributed by atoms with van der Waals surface area (Å²) in [5.74, 6) is -0.415. The van der Waals surface area contributed by atoms with Crippen LogP contribution >= 0.6 is 11.3 Å². The summed E-state index contributed by atoms with van der Waals surface area (Å²) in [6.07, 6.45) is 0. The van der Waals surface area contributed by atoms with Gasteiger partial charge in [-0.1, -0.05) is 24.3 Å². The Labute approximate surface area is 169 Å². The lowest BCUT2D eigenvalue weighted by Gasteiger charge is -2.17. The summed E-state index contributed by atoms with van der Waals surface area (Å²) in [5, 5.41) is 9.83. The summed E-state index contributed by atoms with van der Waals surface area (Å²) in [6.45, 7) is 2.91. The number of aryl methyl sites for hydroxylation is 1. The Morgan fingerprint density at radius 1 is 1.04 bits per heavy atom. The highest BCUT2D eigenvalue weighted by Gasteiger charge is 2.14. The fourth-order valence-corrected chi connectivity index (χ4v) is 3.56. The molecule has 0 radical (unpaired) electrons. The maximum absolute atomic E-state index is 12.7. The van der Waals surface area contributed by atoms with Gasteiger partial charge in [0.15, 0.2) is 0 Å². The molecule has 0 aliphatic rings. The molecular weight excluding hydrogens is 370 g/mol. The molecule has 0 atom stereocenters. The van der Waals surface area contributed by atoms with Crippen LogP contribution in [0.4, 0.5) is 11.4 Å². The van der Waals surface area contributed by atoms with E-state index in [4.69, 9.17) is 0 Å². The van der Waals surface area contributed by atoms with Crippen LogP contribution in [-0.4, -0.2) is 30.3 Å². The zero-order valence-electron chi connectivity index (χ0n) is 15.9. The average molecular weight is 394 g/mol. The van der Waals surface area contributed by atoms with Gasteiger partial charge in [0.05, 0.1) is 17.8 Å². The minimum atomic E-state index is -0.256. The highest BCUT2D eigenvalue weighted by Crippen LogP contribution is 2.18. The summed E-state index contributed by atoms with van der Waals surface area (Å²) in [4.78, 5) is 27.1. The highest BCUT2D eigenvalue weighted by molar-refractivity contribution is 7.07. The third kappa shape index (κ3) is 5.52. The molecule has 6 heteroatoms. The lowest BCUT2D eigenvalue weighted by atomic mass is 10.1. The van der Waals surface area contributed by atoms with E-state index >= 15 is 0 Å². The predicted octanol–water partition coefficient (Wildman–Crippen LogP) is 4.38. The number of para-hydroxylation sites is 1. The second-order valence-corrected chi connectivity index (χ2v) is 7.50. The van der Waals surface area contributed by atoms with Crippen LogP contribution in [0.3, 0.4) is 0 Å². The molecule has 0 fully saturated rings. The molecule has 5 nitrogen and oxygen atoms in total. The van der Waals surface area contributed by atoms with Gasteiger partial charge in [-0.2, -0.15) is 11.3 Å². The topological polar surface area (TPSA) is 61.4 Å². The number of hydrogen-bond donors (Lipinski definition) is 2. The van der Waals surface area contributed by atoms with Crippen molar-refractivity contribution in [1.29, 1.82) is 0 Å². The van der Waals surface area contributed by atoms with E-state index in [1.54, 1.807) is 35.6 Å². The molecule has 0 saturated heterocycles. The number of thiophene rings is 1. The van der Waals surface area contributed by atoms with Crippen molar-refractivity contribution in [3.63, 3.8) is 0 Å². The number of benzene rings is 2. The first-order valence-corrected chi connectivity index (χ1v) is 9.92. The van der Waals surface area contributed by atoms with Gasteiger partial charge in [-0.15, -0.1) is 0 Å². The number of nitrogens with one attached hydrogen (secondary N) is 2. The van der Waals surface area contributed by atoms with E-state index in [1.165, 1.54) is 5.56 Å². The summed E-state index contributed by atoms with van der Waals surface area (Å²) in [7, 11) is 1.90. The number of nitrogens with zero attached hydrogens (tertiary/aromatic N) is 1. The second kappa shape index (κ2) is 9.30. The second-order valence-electron chi connectivity index (χ2n) is 6.72. The van der Waals surface area contributed by atoms with E-state index < -0.39 is 0 Å². The van der Waals surface area contributed by atoms with E-state index in [2.05, 4.69) is 16.0 Å². The number of rotatable bonds is 7. The van der Waals surface area contributed by atoms with Gasteiger partial charge in [0, 0.05) is 12.2 Å². The third-order valence-corrected chi connectivity index (χ3v) is 4.90. The summed E-state index contributed by atoms with van der Waals surface area (Å²) >= 11 is 1.64. The van der Waals surface area contributed by atoms with Crippen LogP contribution in [0.15, 0.2) is 65.4 Å². The van der Waals surface area contributed by atoms with Gasteiger partial charge in [0.1, 0.15) is 0 Å². The van der Waals surface area contributed by atoms with E-state index in [0.29, 0.717) is 17.8 Å². The number of likely N-dealkylation sites (N-methyl/N-ethyl adjacent to an activating group) is 1. The van der Waals surface area contributed by atoms with Crippen molar-refractivity contribution >= 4 is 34.5 Å². The molecular formula is C22H23N3O2S. The Balaban J connectivity index is 1.64. The Bertz CT molecular complexity index is 954. The molecule has 1 heterocycles. The van der Waals surface area contributed by atoms with Gasteiger partial charge in [0.2, 0.25) is 5.91 Å². The van der Waals surface area contributed by atoms with Crippen molar-refractivity contribution in [2.75, 3.05) is 24.2 Å². The van der Waals surface area contributed by atoms with Crippen LogP contribution in [0.2, 0.25) is 0 Å². The quantitative estimate of drug-likeness (QED) is 0.626. The van der Waals surface area contributed by atoms with Crippen LogP contribution in [0, 0.1) is 6.92 Å². The third-order valence-electron chi connectivity index (χ3n) is 4.17. The van der Waals surface area contributed by atoms with Crippen molar-refractivity contribution in [2.45, 2.75) is 13.5 Å². The number of carbonyl (C=O) groups is 2. The Kier molecular flexibility index (Phi) is 6.57. The van der Waals surface area contributed by atoms with Crippen LogP contribution in [-0.2, 0) is 11.3 Å². The van der Waals surface area contributed by atoms with Gasteiger partial charge in [-0.05, 0) is 66.2 Å². The SMILES string of the molecule is Cc1cccc(NC(=O)c2ccccc2NC(=O)CN(C)Cc2ccsc2)c1. The molecule has 2 amide bonds. The van der Waals surface area contributed by atoms with E-state index in [9.17, 15) is 9.59 Å². The number of hydrogen-bond acceptors (Lipinski definition) is 4. The monoisotopic (exact) mass is 393 g/mol. The van der Waals surface area contributed by atoms with Crippen LogP contribution in [0.25, 0.3) is 0 Å². The number of carbonyl (C=O) groups excluding carboxylic acids is 2. The molecule has 28 heavy (non-hydrogen) atoms. The smallest absolute Gasteiger partial charge is 0.257 e. The normalized spacial score (nSPS) is 10.7. The largest absolute Gasteiger partial charge is 0.324 e. The van der Waals surface area contributed by atoms with Gasteiger partial charge < -0.3 is 10.6 Å². The van der Waals surface area contributed by atoms with Gasteiger partial charge in [-0.3, -0.25) is 14.5 Å². The molecule has 1 aromatic heterocycles. The molecule has 0 unspecified atom stereocenters. The van der Waals surface area contributed by atoms with Crippen molar-refractivity contribution < 1.29 is 9.59 Å². The Morgan fingerprint density at radius 3 is 2.61 bits per heavy atom. The maximum atomic E-state index is 12.7. The van der Waals surface area contributed by atoms with Gasteiger partial charge in [0.25, 0.3) is 5.91 Å². The zero-order chi connectivity index (χ0) is 19.9. The van der Waals surface area contributed by atoms with Gasteiger partial charge >= 0.3 is 0 Å². The first kappa shape index (κ1) is 19.8. The lowest BCUT2D eigenvalue weighted by molar-refractivity contribution is -0.117. The maximum Gasteiger partial charge on any atom is 0.257 e. The van der Waals surface area contributed by atoms with Crippen molar-refractivity contribution in [1.82, 2.24) is 4.90 Å². The molecule has 144 valence electrons. The zero-order valence-corrected chi connectivity index (χ0v) is 16.8. The molecule has 0 saturated carbocycles. The van der Waals surface area contributed by atoms with Crippen molar-refractivity contribution in [3.05, 3.63) is 82.0 Å². The average Bonchev–Trinajstić information content (AvgIpc) is 3.14. The molecule has 0 aliphatic heterocycles. The molecule has 0 spiro atoms. The molecule has 0 bridgehead atoms. The van der Waals surface area contributed by atoms with E-state index in [1.807, 2.05) is 54.6 Å². The number of anilines is 2. The first-order valence-electron chi connectivity index (χ1n) is 8.98. The molecule has 3 aromatic rings. The van der Waals surface area contributed by atoms with Crippen molar-refractivity contribution in [2.24, 2.45) is 0 Å². The van der Waals surface area contributed by atoms with Crippen LogP contribution < -0.4 is 10.6 Å². The fraction of sp³-hybridized carbons (Fsp3) is 0.182. The van der Waals surface area contributed by atoms with Crippen molar-refractivity contribution in [3.8, 4) is 0 Å². The molecule has 2 N–H and O–H groups in total. The lowest BCUT2D eigenvalue weighted by Crippen LogP contribution is -2.30. The molecule has 3 rings (SSSR count). The Morgan fingerprint density at radius 2 is 1.86 bits per heavy atom. The minimum absolute atomic E-state index is 0.159. The summed E-state index contributed by atoms with van der Waals surface area (Å²) in [6, 6.07) is 16.7. The fourth-order valence-electron chi connectivity index (χ4n) is 2.90. The standard InChI is InChI=1S/C22H23N3O2S/c1-16-6-5-7-18(12-16)23-22(27)19-8-3-4-9-20(19)24-21(26)14-25(2)13-17-10-11-28-15-17/h3-12,15H,13-14H2,1-2H3,(H,23,27)(H,24,26). The van der Waals surface area contributed by atoms with Gasteiger partial charge in [-0.25, -0.2) is 0 Å². The first-order chi connectivity index (χ1) is 13.5. The predicted molar refractivity (Wildman–Crippen MR) is 115 cm³/mol. The summed E-state index contributed by atoms with van der Waals surface area (Å²) < 4.78 is 0. The van der Waals surface area contributed by atoms with E-state index in [0.717, 1.165) is 11.3 Å².